The fraction of sp³-hybridized carbons (Fsp3) is 0.577. The maximum absolute atomic E-state index is 14.5. The molecule has 0 saturated carbocycles. The van der Waals surface area contributed by atoms with E-state index in [0.717, 1.165) is 0 Å². The van der Waals surface area contributed by atoms with Crippen molar-refractivity contribution >= 4 is 71.3 Å². The number of unbranched alkanes of at least 4 members (excludes halogenated alkanes) is 1. The van der Waals surface area contributed by atoms with Crippen LogP contribution in [0.15, 0.2) is 91.0 Å². The third kappa shape index (κ3) is 29.5. The summed E-state index contributed by atoms with van der Waals surface area (Å²) in [6, 6.07) is 16.4. The summed E-state index contributed by atoms with van der Waals surface area (Å²) in [5.41, 5.74) is 4.50. The van der Waals surface area contributed by atoms with Gasteiger partial charge in [0.05, 0.1) is 6.04 Å². The normalized spacial score (nSPS) is 14.5. The molecule has 0 spiro atoms. The number of nitrogens with one attached hydrogen (secondary N) is 9. The van der Waals surface area contributed by atoms with Gasteiger partial charge in [-0.3, -0.25) is 47.9 Å². The van der Waals surface area contributed by atoms with Crippen LogP contribution < -0.4 is 53.6 Å². The number of esters is 2. The van der Waals surface area contributed by atoms with E-state index < -0.39 is 174 Å². The van der Waals surface area contributed by atoms with Gasteiger partial charge in [0.1, 0.15) is 64.6 Å². The molecule has 3 aromatic rings. The first kappa shape index (κ1) is 82.3. The van der Waals surface area contributed by atoms with E-state index in [2.05, 4.69) is 47.9 Å². The molecular weight excluding hydrogens is 1250 g/mol. The van der Waals surface area contributed by atoms with Crippen LogP contribution in [-0.4, -0.2) is 148 Å². The third-order valence-corrected chi connectivity index (χ3v) is 15.2. The predicted octanol–water partition coefficient (Wildman–Crippen LogP) is 5.75. The van der Waals surface area contributed by atoms with Gasteiger partial charge in [0.2, 0.25) is 47.3 Å². The summed E-state index contributed by atoms with van der Waals surface area (Å²) in [4.78, 5) is 164. The Bertz CT molecular complexity index is 3010. The number of benzene rings is 3. The number of aliphatic carboxylic acids is 1. The van der Waals surface area contributed by atoms with Crippen LogP contribution >= 0.6 is 0 Å². The molecular formula is C71H106N10O16. The van der Waals surface area contributed by atoms with Gasteiger partial charge in [-0.05, 0) is 150 Å². The highest BCUT2D eigenvalue weighted by atomic mass is 16.6. The van der Waals surface area contributed by atoms with Gasteiger partial charge in [0.25, 0.3) is 0 Å². The maximum atomic E-state index is 14.5. The van der Waals surface area contributed by atoms with Gasteiger partial charge in [-0.1, -0.05) is 125 Å². The Balaban J connectivity index is 1.93. The molecule has 0 aromatic heterocycles. The molecule has 0 unspecified atom stereocenters. The molecule has 0 aliphatic rings. The molecule has 9 atom stereocenters. The zero-order chi connectivity index (χ0) is 73.0. The second kappa shape index (κ2) is 38.7. The maximum Gasteiger partial charge on any atom is 0.407 e. The lowest BCUT2D eigenvalue weighted by Crippen LogP contribution is -2.60. The van der Waals surface area contributed by atoms with E-state index in [-0.39, 0.29) is 44.6 Å². The number of hydrogen-bond donors (Lipinski definition) is 11. The van der Waals surface area contributed by atoms with Gasteiger partial charge in [0, 0.05) is 25.8 Å². The van der Waals surface area contributed by atoms with Crippen molar-refractivity contribution < 1.29 is 76.9 Å². The molecule has 0 bridgehead atoms. The highest BCUT2D eigenvalue weighted by molar-refractivity contribution is 5.98. The van der Waals surface area contributed by atoms with E-state index in [1.54, 1.807) is 76.2 Å². The second-order valence-corrected chi connectivity index (χ2v) is 27.8. The lowest BCUT2D eigenvalue weighted by atomic mass is 9.77. The topological polar surface area (TPSA) is 387 Å². The average molecular weight is 1360 g/mol. The number of ether oxygens (including phenoxy) is 3. The van der Waals surface area contributed by atoms with Crippen molar-refractivity contribution in [2.24, 2.45) is 17.6 Å². The smallest absolute Gasteiger partial charge is 0.407 e. The standard InChI is InChI=1S/C71H106N10O16/c1-16-44(4)58(80-64(90)51(34-26-27-41-73-67(94)97-70(13,14)15)78-62(88)53(36-39-56(83)95-68(7,8)9)77-61(87)50(72)42-43(2)3)65(91)75-45(5)59(85)74-46(6)60(86)76-52(63(89)79-54(66(92)93)37-40-57(84)96-69(10,11)12)35-38-55(82)81-71(47-28-20-17-21-29-47,48-30-22-18-23-31-48)49-32-24-19-25-33-49/h17-25,28-33,43-46,50-54,58H,16,26-27,34-42,72H2,1-15H3,(H,73,94)(H,74,85)(H,75,91)(H,76,86)(H,77,87)(H,78,88)(H,79,89)(H,80,90)(H,81,82)(H,92,93)/t44-,45-,46-,50-,51-,52-,53-,54-,58-/m0/s1. The molecule has 3 rings (SSSR count). The number of carboxylic acids is 1. The molecule has 536 valence electrons. The number of carbonyl (C=O) groups is 12. The summed E-state index contributed by atoms with van der Waals surface area (Å²) in [6.07, 6.45) is -1.76. The summed E-state index contributed by atoms with van der Waals surface area (Å²) in [6.45, 7) is 24.9. The van der Waals surface area contributed by atoms with Gasteiger partial charge in [-0.15, -0.1) is 0 Å². The second-order valence-electron chi connectivity index (χ2n) is 27.8. The molecule has 0 radical (unpaired) electrons. The summed E-state index contributed by atoms with van der Waals surface area (Å²) in [5, 5.41) is 34.2. The molecule has 26 nitrogen and oxygen atoms in total. The van der Waals surface area contributed by atoms with Crippen LogP contribution in [0.4, 0.5) is 4.79 Å². The number of amides is 9. The molecule has 26 heteroatoms. The van der Waals surface area contributed by atoms with Gasteiger partial charge in [-0.25, -0.2) is 9.59 Å². The molecule has 12 N–H and O–H groups in total. The first-order chi connectivity index (χ1) is 45.2. The zero-order valence-corrected chi connectivity index (χ0v) is 59.1. The van der Waals surface area contributed by atoms with Crippen molar-refractivity contribution in [3.05, 3.63) is 108 Å². The number of alkyl carbamates (subject to hydrolysis) is 1. The summed E-state index contributed by atoms with van der Waals surface area (Å²) in [5.74, 6) is -10.1. The summed E-state index contributed by atoms with van der Waals surface area (Å²) in [7, 11) is 0. The highest BCUT2D eigenvalue weighted by Crippen LogP contribution is 2.37. The lowest BCUT2D eigenvalue weighted by molar-refractivity contribution is -0.156. The number of hydrogen-bond acceptors (Lipinski definition) is 16. The summed E-state index contributed by atoms with van der Waals surface area (Å²) >= 11 is 0. The minimum atomic E-state index is -1.65. The van der Waals surface area contributed by atoms with Gasteiger partial charge in [0.15, 0.2) is 0 Å². The van der Waals surface area contributed by atoms with Crippen molar-refractivity contribution in [3.8, 4) is 0 Å². The van der Waals surface area contributed by atoms with Crippen molar-refractivity contribution in [1.82, 2.24) is 47.9 Å². The monoisotopic (exact) mass is 1350 g/mol. The van der Waals surface area contributed by atoms with E-state index in [1.807, 2.05) is 105 Å². The fourth-order valence-electron chi connectivity index (χ4n) is 10.1. The molecule has 97 heavy (non-hydrogen) atoms. The van der Waals surface area contributed by atoms with Crippen LogP contribution in [0.1, 0.15) is 191 Å². The van der Waals surface area contributed by atoms with Gasteiger partial charge >= 0.3 is 24.0 Å². The van der Waals surface area contributed by atoms with E-state index in [9.17, 15) is 62.6 Å². The number of carbonyl (C=O) groups excluding carboxylic acids is 11. The molecule has 3 aromatic carbocycles. The molecule has 0 fully saturated rings. The molecule has 0 aliphatic heterocycles. The van der Waals surface area contributed by atoms with Crippen molar-refractivity contribution in [3.63, 3.8) is 0 Å². The summed E-state index contributed by atoms with van der Waals surface area (Å²) < 4.78 is 16.1. The van der Waals surface area contributed by atoms with Crippen LogP contribution in [0, 0.1) is 11.8 Å². The zero-order valence-electron chi connectivity index (χ0n) is 59.1. The van der Waals surface area contributed by atoms with Crippen molar-refractivity contribution in [2.45, 2.75) is 245 Å². The Labute approximate surface area is 570 Å². The molecule has 0 heterocycles. The Kier molecular flexibility index (Phi) is 32.8. The van der Waals surface area contributed by atoms with Crippen LogP contribution in [0.3, 0.4) is 0 Å². The van der Waals surface area contributed by atoms with Crippen LogP contribution in [0.2, 0.25) is 0 Å². The van der Waals surface area contributed by atoms with Crippen LogP contribution in [0.25, 0.3) is 0 Å². The number of nitrogens with two attached hydrogens (primary N) is 1. The van der Waals surface area contributed by atoms with Crippen LogP contribution in [0.5, 0.6) is 0 Å². The Morgan fingerprint density at radius 1 is 0.454 bits per heavy atom. The fourth-order valence-corrected chi connectivity index (χ4v) is 10.1. The molecule has 0 saturated heterocycles. The first-order valence-corrected chi connectivity index (χ1v) is 33.2. The van der Waals surface area contributed by atoms with Crippen molar-refractivity contribution in [2.75, 3.05) is 6.54 Å². The van der Waals surface area contributed by atoms with Crippen molar-refractivity contribution in [1.29, 1.82) is 0 Å². The van der Waals surface area contributed by atoms with Gasteiger partial charge in [-0.2, -0.15) is 0 Å². The van der Waals surface area contributed by atoms with E-state index >= 15 is 0 Å². The molecule has 9 amide bonds. The quantitative estimate of drug-likeness (QED) is 0.0142. The minimum Gasteiger partial charge on any atom is -0.480 e. The van der Waals surface area contributed by atoms with E-state index in [4.69, 9.17) is 19.9 Å². The number of carboxylic acid groups (broad SMARTS) is 1. The first-order valence-electron chi connectivity index (χ1n) is 33.2. The average Bonchev–Trinajstić information content (AvgIpc) is 0.756. The molecule has 0 aliphatic carbocycles. The minimum absolute atomic E-state index is 0.0139. The predicted molar refractivity (Wildman–Crippen MR) is 364 cm³/mol. The SMILES string of the molecule is CC[C@H](C)[C@H](NC(=O)[C@H](CCCCNC(=O)OC(C)(C)C)NC(=O)[C@H](CCC(=O)OC(C)(C)C)NC(=O)[C@@H](N)CC(C)C)C(=O)N[C@@H](C)C(=O)N[C@@H](C)C(=O)N[C@@H](CCC(=O)NC(c1ccccc1)(c1ccccc1)c1ccccc1)C(=O)N[C@@H](CCC(=O)OC(C)(C)C)C(=O)O. The Hall–Kier alpha value is -8.94. The van der Waals surface area contributed by atoms with E-state index in [0.29, 0.717) is 29.5 Å². The highest BCUT2D eigenvalue weighted by Gasteiger charge is 2.40. The van der Waals surface area contributed by atoms with Crippen LogP contribution in [-0.2, 0) is 72.5 Å². The Morgan fingerprint density at radius 2 is 0.835 bits per heavy atom. The number of rotatable bonds is 37. The van der Waals surface area contributed by atoms with Gasteiger partial charge < -0.3 is 72.9 Å². The largest absolute Gasteiger partial charge is 0.480 e. The lowest BCUT2D eigenvalue weighted by Gasteiger charge is -2.37. The Morgan fingerprint density at radius 3 is 1.27 bits per heavy atom. The van der Waals surface area contributed by atoms with E-state index in [1.165, 1.54) is 13.8 Å². The third-order valence-electron chi connectivity index (χ3n) is 15.2.